The minimum atomic E-state index is -0.367. The number of ether oxygens (including phenoxy) is 1. The first kappa shape index (κ1) is 16.3. The van der Waals surface area contributed by atoms with Crippen LogP contribution in [-0.4, -0.2) is 24.6 Å². The van der Waals surface area contributed by atoms with Gasteiger partial charge in [0.15, 0.2) is 5.78 Å². The maximum absolute atomic E-state index is 12.4. The van der Waals surface area contributed by atoms with E-state index in [4.69, 9.17) is 4.74 Å². The summed E-state index contributed by atoms with van der Waals surface area (Å²) in [5.74, 6) is 0.208. The summed E-state index contributed by atoms with van der Waals surface area (Å²) in [4.78, 5) is 23.9. The van der Waals surface area contributed by atoms with Crippen molar-refractivity contribution in [2.45, 2.75) is 11.2 Å². The quantitative estimate of drug-likeness (QED) is 0.729. The molecule has 0 unspecified atom stereocenters. The van der Waals surface area contributed by atoms with Gasteiger partial charge in [-0.2, -0.15) is 0 Å². The fourth-order valence-electron chi connectivity index (χ4n) is 2.77. The molecule has 0 saturated carbocycles. The van der Waals surface area contributed by atoms with Crippen molar-refractivity contribution in [3.05, 3.63) is 69.7 Å². The number of halogens is 1. The molecule has 0 aromatic heterocycles. The third-order valence-corrected chi connectivity index (χ3v) is 5.83. The van der Waals surface area contributed by atoms with Crippen molar-refractivity contribution in [2.75, 3.05) is 12.9 Å². The predicted molar refractivity (Wildman–Crippen MR) is 94.9 cm³/mol. The summed E-state index contributed by atoms with van der Waals surface area (Å²) in [5, 5.41) is 0.111. The van der Waals surface area contributed by atoms with E-state index in [2.05, 4.69) is 28.1 Å². The van der Waals surface area contributed by atoms with E-state index in [1.807, 2.05) is 24.3 Å². The molecule has 1 aliphatic heterocycles. The molecule has 1 heterocycles. The van der Waals surface area contributed by atoms with Crippen LogP contribution >= 0.6 is 27.7 Å². The fourth-order valence-corrected chi connectivity index (χ4v) is 4.41. The molecule has 3 rings (SSSR count). The van der Waals surface area contributed by atoms with Crippen molar-refractivity contribution < 1.29 is 14.3 Å². The topological polar surface area (TPSA) is 43.4 Å². The van der Waals surface area contributed by atoms with E-state index in [0.29, 0.717) is 11.3 Å². The third kappa shape index (κ3) is 3.35. The summed E-state index contributed by atoms with van der Waals surface area (Å²) in [5.41, 5.74) is 2.58. The van der Waals surface area contributed by atoms with Crippen LogP contribution in [0.25, 0.3) is 0 Å². The van der Waals surface area contributed by atoms with E-state index >= 15 is 0 Å². The third-order valence-electron chi connectivity index (χ3n) is 3.94. The van der Waals surface area contributed by atoms with E-state index < -0.39 is 0 Å². The predicted octanol–water partition coefficient (Wildman–Crippen LogP) is 4.38. The lowest BCUT2D eigenvalue weighted by molar-refractivity contribution is -0.117. The monoisotopic (exact) mass is 390 g/mol. The number of esters is 1. The fraction of sp³-hybridized carbons (Fsp3) is 0.222. The van der Waals surface area contributed by atoms with E-state index in [9.17, 15) is 9.59 Å². The first-order valence-corrected chi connectivity index (χ1v) is 9.02. The van der Waals surface area contributed by atoms with Gasteiger partial charge in [-0.25, -0.2) is 4.79 Å². The van der Waals surface area contributed by atoms with Gasteiger partial charge < -0.3 is 4.74 Å². The molecule has 0 spiro atoms. The molecule has 0 N–H and O–H groups in total. The molecule has 2 atom stereocenters. The second-order valence-electron chi connectivity index (χ2n) is 5.34. The highest BCUT2D eigenvalue weighted by atomic mass is 79.9. The van der Waals surface area contributed by atoms with Gasteiger partial charge in [0.1, 0.15) is 0 Å². The summed E-state index contributed by atoms with van der Waals surface area (Å²) < 4.78 is 5.73. The zero-order valence-electron chi connectivity index (χ0n) is 12.5. The van der Waals surface area contributed by atoms with Crippen LogP contribution in [0, 0.1) is 0 Å². The smallest absolute Gasteiger partial charge is 0.337 e. The number of carbonyl (C=O) groups excluding carboxylic acids is 2. The molecule has 0 aliphatic carbocycles. The Morgan fingerprint density at radius 3 is 2.30 bits per heavy atom. The van der Waals surface area contributed by atoms with Gasteiger partial charge in [0.2, 0.25) is 0 Å². The van der Waals surface area contributed by atoms with Crippen LogP contribution in [0.2, 0.25) is 0 Å². The lowest BCUT2D eigenvalue weighted by atomic mass is 9.88. The average molecular weight is 391 g/mol. The Morgan fingerprint density at radius 2 is 1.70 bits per heavy atom. The number of ketones is 1. The Hall–Kier alpha value is -1.59. The first-order chi connectivity index (χ1) is 11.1. The molecular formula is C18H15BrO3S. The van der Waals surface area contributed by atoms with Crippen molar-refractivity contribution in [3.8, 4) is 0 Å². The van der Waals surface area contributed by atoms with Crippen molar-refractivity contribution >= 4 is 39.4 Å². The van der Waals surface area contributed by atoms with E-state index in [-0.39, 0.29) is 22.9 Å². The van der Waals surface area contributed by atoms with Crippen molar-refractivity contribution in [2.24, 2.45) is 0 Å². The highest BCUT2D eigenvalue weighted by Gasteiger charge is 2.37. The molecule has 118 valence electrons. The first-order valence-electron chi connectivity index (χ1n) is 7.18. The molecule has 23 heavy (non-hydrogen) atoms. The molecule has 5 heteroatoms. The van der Waals surface area contributed by atoms with Crippen LogP contribution in [0.3, 0.4) is 0 Å². The Labute approximate surface area is 147 Å². The second kappa shape index (κ2) is 6.89. The number of benzene rings is 2. The van der Waals surface area contributed by atoms with Crippen LogP contribution in [0.4, 0.5) is 0 Å². The van der Waals surface area contributed by atoms with E-state index in [0.717, 1.165) is 15.6 Å². The van der Waals surface area contributed by atoms with Gasteiger partial charge >= 0.3 is 5.97 Å². The summed E-state index contributed by atoms with van der Waals surface area (Å²) in [6.45, 7) is 0. The largest absolute Gasteiger partial charge is 0.465 e. The van der Waals surface area contributed by atoms with Crippen LogP contribution in [0.15, 0.2) is 53.0 Å². The number of hydrogen-bond acceptors (Lipinski definition) is 4. The number of methoxy groups -OCH3 is 1. The van der Waals surface area contributed by atoms with Crippen LogP contribution < -0.4 is 0 Å². The van der Waals surface area contributed by atoms with Gasteiger partial charge in [-0.1, -0.05) is 40.2 Å². The minimum Gasteiger partial charge on any atom is -0.465 e. The highest BCUT2D eigenvalue weighted by Crippen LogP contribution is 2.48. The molecule has 3 nitrogen and oxygen atoms in total. The molecule has 1 aliphatic rings. The number of thioether (sulfide) groups is 1. The number of carbonyl (C=O) groups is 2. The number of rotatable bonds is 3. The Bertz CT molecular complexity index is 725. The second-order valence-corrected chi connectivity index (χ2v) is 7.39. The molecular weight excluding hydrogens is 376 g/mol. The van der Waals surface area contributed by atoms with E-state index in [1.165, 1.54) is 7.11 Å². The van der Waals surface area contributed by atoms with Crippen molar-refractivity contribution in [1.82, 2.24) is 0 Å². The Balaban J connectivity index is 1.90. The molecule has 0 bridgehead atoms. The summed E-state index contributed by atoms with van der Waals surface area (Å²) in [7, 11) is 1.36. The molecule has 1 fully saturated rings. The zero-order chi connectivity index (χ0) is 16.4. The van der Waals surface area contributed by atoms with Crippen molar-refractivity contribution in [3.63, 3.8) is 0 Å². The minimum absolute atomic E-state index is 0.111. The Kier molecular flexibility index (Phi) is 4.87. The van der Waals surface area contributed by atoms with Crippen LogP contribution in [-0.2, 0) is 9.53 Å². The normalized spacial score (nSPS) is 20.5. The van der Waals surface area contributed by atoms with Crippen LogP contribution in [0.1, 0.15) is 32.7 Å². The molecule has 0 radical (unpaired) electrons. The zero-order valence-corrected chi connectivity index (χ0v) is 14.9. The van der Waals surface area contributed by atoms with Crippen molar-refractivity contribution in [1.29, 1.82) is 0 Å². The van der Waals surface area contributed by atoms with Gasteiger partial charge in [0, 0.05) is 9.72 Å². The van der Waals surface area contributed by atoms with Gasteiger partial charge in [-0.3, -0.25) is 4.79 Å². The summed E-state index contributed by atoms with van der Waals surface area (Å²) in [6, 6.07) is 15.2. The average Bonchev–Trinajstić information content (AvgIpc) is 2.96. The number of Topliss-reactive ketones (excluding diaryl/α,β-unsaturated/α-hetero) is 1. The number of hydrogen-bond donors (Lipinski definition) is 0. The standard InChI is InChI=1S/C18H15BrO3S/c1-22-18(21)13-4-2-11(3-5-13)16-15(20)10-23-17(16)12-6-8-14(19)9-7-12/h2-9,16-17H,10H2,1H3/t16-,17+/m0/s1. The van der Waals surface area contributed by atoms with Crippen LogP contribution in [0.5, 0.6) is 0 Å². The maximum Gasteiger partial charge on any atom is 0.337 e. The van der Waals surface area contributed by atoms with Gasteiger partial charge in [-0.15, -0.1) is 11.8 Å². The Morgan fingerprint density at radius 1 is 1.09 bits per heavy atom. The summed E-state index contributed by atoms with van der Waals surface area (Å²) in [6.07, 6.45) is 0. The molecule has 2 aromatic carbocycles. The van der Waals surface area contributed by atoms with Gasteiger partial charge in [0.05, 0.1) is 24.3 Å². The lowest BCUT2D eigenvalue weighted by Crippen LogP contribution is -2.12. The maximum atomic E-state index is 12.4. The molecule has 1 saturated heterocycles. The molecule has 2 aromatic rings. The highest BCUT2D eigenvalue weighted by molar-refractivity contribution is 9.10. The summed E-state index contributed by atoms with van der Waals surface area (Å²) >= 11 is 5.11. The van der Waals surface area contributed by atoms with Gasteiger partial charge in [-0.05, 0) is 35.4 Å². The van der Waals surface area contributed by atoms with E-state index in [1.54, 1.807) is 23.9 Å². The van der Waals surface area contributed by atoms with Gasteiger partial charge in [0.25, 0.3) is 0 Å². The molecule has 0 amide bonds. The SMILES string of the molecule is COC(=O)c1ccc([C@H]2C(=O)CS[C@@H]2c2ccc(Br)cc2)cc1. The lowest BCUT2D eigenvalue weighted by Gasteiger charge is -2.18.